The maximum absolute atomic E-state index is 11.9. The summed E-state index contributed by atoms with van der Waals surface area (Å²) in [6.07, 6.45) is 17.3. The number of unbranched alkanes of at least 4 members (excludes halogenated alkanes) is 12. The predicted octanol–water partition coefficient (Wildman–Crippen LogP) is 5.29. The molecule has 0 unspecified atom stereocenters. The van der Waals surface area contributed by atoms with Crippen LogP contribution in [0.3, 0.4) is 0 Å². The first kappa shape index (κ1) is 56.5. The number of carbonyl (C=O) groups excluding carboxylic acids is 1. The van der Waals surface area contributed by atoms with E-state index in [0.717, 1.165) is 12.8 Å². The van der Waals surface area contributed by atoms with Gasteiger partial charge in [-0.3, -0.25) is 4.79 Å². The number of hydrogen-bond donors (Lipinski definition) is 1. The van der Waals surface area contributed by atoms with Crippen LogP contribution in [0.2, 0.25) is 0 Å². The fourth-order valence-corrected chi connectivity index (χ4v) is 5.15. The first-order valence-corrected chi connectivity index (χ1v) is 22.0. The molecule has 0 fully saturated rings. The third-order valence-electron chi connectivity index (χ3n) is 8.29. The third kappa shape index (κ3) is 52.5. The first-order valence-electron chi connectivity index (χ1n) is 22.0. The standard InChI is InChI=1S/C42H82O16/c1-2-3-4-5-6-7-8-9-10-11-12-13-14-15-42(45)58-39-38-56-35-34-54-31-30-52-27-26-50-23-22-48-19-18-46-16-17-47-20-21-49-24-25-51-28-29-53-32-33-55-36-37-57-40-41(43)44/h2-40H2,1H3,(H,43,44). The molecule has 0 heterocycles. The molecule has 0 bridgehead atoms. The second-order valence-corrected chi connectivity index (χ2v) is 13.4. The van der Waals surface area contributed by atoms with E-state index in [1.54, 1.807) is 0 Å². The Morgan fingerprint density at radius 3 is 0.793 bits per heavy atom. The maximum atomic E-state index is 11.9. The summed E-state index contributed by atoms with van der Waals surface area (Å²) in [7, 11) is 0. The number of hydrogen-bond acceptors (Lipinski definition) is 15. The van der Waals surface area contributed by atoms with Crippen LogP contribution in [0, 0.1) is 0 Å². The van der Waals surface area contributed by atoms with Crippen LogP contribution in [0.25, 0.3) is 0 Å². The Balaban J connectivity index is 3.12. The van der Waals surface area contributed by atoms with E-state index in [1.165, 1.54) is 70.6 Å². The number of carboxylic acids is 1. The van der Waals surface area contributed by atoms with Crippen molar-refractivity contribution in [3.8, 4) is 0 Å². The van der Waals surface area contributed by atoms with E-state index in [1.807, 2.05) is 0 Å². The highest BCUT2D eigenvalue weighted by Gasteiger charge is 2.03. The summed E-state index contributed by atoms with van der Waals surface area (Å²) in [5.41, 5.74) is 0. The van der Waals surface area contributed by atoms with Crippen LogP contribution in [0.1, 0.15) is 96.8 Å². The van der Waals surface area contributed by atoms with Crippen molar-refractivity contribution in [1.82, 2.24) is 0 Å². The number of esters is 1. The number of rotatable bonds is 52. The number of aliphatic carboxylic acids is 1. The second kappa shape index (κ2) is 51.6. The van der Waals surface area contributed by atoms with Gasteiger partial charge in [0.15, 0.2) is 0 Å². The SMILES string of the molecule is CCCCCCCCCCCCCCCC(=O)OCCOCCOCCOCCOCCOCCOCCOCCOCCOCCOCCOCCOCC(=O)O. The summed E-state index contributed by atoms with van der Waals surface area (Å²) in [5.74, 6) is -1.14. The molecule has 0 atom stereocenters. The summed E-state index contributed by atoms with van der Waals surface area (Å²) in [5, 5.41) is 8.44. The van der Waals surface area contributed by atoms with Crippen molar-refractivity contribution in [3.05, 3.63) is 0 Å². The molecular weight excluding hydrogens is 760 g/mol. The minimum absolute atomic E-state index is 0.138. The Kier molecular flexibility index (Phi) is 50.2. The van der Waals surface area contributed by atoms with Crippen LogP contribution in [-0.2, 0) is 71.2 Å². The summed E-state index contributed by atoms with van der Waals surface area (Å²) in [6, 6.07) is 0. The molecule has 0 saturated carbocycles. The molecule has 0 amide bonds. The molecule has 0 spiro atoms. The van der Waals surface area contributed by atoms with Crippen molar-refractivity contribution >= 4 is 11.9 Å². The molecule has 16 nitrogen and oxygen atoms in total. The highest BCUT2D eigenvalue weighted by Crippen LogP contribution is 2.13. The van der Waals surface area contributed by atoms with Gasteiger partial charge in [-0.05, 0) is 6.42 Å². The normalized spacial score (nSPS) is 11.5. The van der Waals surface area contributed by atoms with Crippen LogP contribution in [-0.4, -0.2) is 182 Å². The van der Waals surface area contributed by atoms with E-state index in [2.05, 4.69) is 6.92 Å². The van der Waals surface area contributed by atoms with Gasteiger partial charge in [0, 0.05) is 6.42 Å². The van der Waals surface area contributed by atoms with Gasteiger partial charge in [-0.2, -0.15) is 0 Å². The van der Waals surface area contributed by atoms with Gasteiger partial charge in [0.1, 0.15) is 13.2 Å². The van der Waals surface area contributed by atoms with Crippen LogP contribution >= 0.6 is 0 Å². The Labute approximate surface area is 349 Å². The van der Waals surface area contributed by atoms with E-state index in [4.69, 9.17) is 66.7 Å². The zero-order valence-corrected chi connectivity index (χ0v) is 36.1. The Morgan fingerprint density at radius 1 is 0.310 bits per heavy atom. The quantitative estimate of drug-likeness (QED) is 0.0617. The molecule has 0 saturated heterocycles. The van der Waals surface area contributed by atoms with Gasteiger partial charge in [-0.1, -0.05) is 84.0 Å². The van der Waals surface area contributed by atoms with E-state index in [0.29, 0.717) is 152 Å². The van der Waals surface area contributed by atoms with E-state index >= 15 is 0 Å². The van der Waals surface area contributed by atoms with Crippen LogP contribution in [0.15, 0.2) is 0 Å². The van der Waals surface area contributed by atoms with Crippen molar-refractivity contribution in [3.63, 3.8) is 0 Å². The summed E-state index contributed by atoms with van der Waals surface area (Å²) in [4.78, 5) is 22.2. The van der Waals surface area contributed by atoms with Gasteiger partial charge in [-0.25, -0.2) is 4.79 Å². The second-order valence-electron chi connectivity index (χ2n) is 13.4. The zero-order valence-electron chi connectivity index (χ0n) is 36.1. The third-order valence-corrected chi connectivity index (χ3v) is 8.29. The molecule has 58 heavy (non-hydrogen) atoms. The largest absolute Gasteiger partial charge is 0.480 e. The summed E-state index contributed by atoms with van der Waals surface area (Å²) >= 11 is 0. The molecule has 0 aliphatic rings. The van der Waals surface area contributed by atoms with Crippen molar-refractivity contribution < 1.29 is 76.3 Å². The van der Waals surface area contributed by atoms with Gasteiger partial charge in [0.05, 0.1) is 152 Å². The molecule has 0 aromatic heterocycles. The topological polar surface area (TPSA) is 174 Å². The lowest BCUT2D eigenvalue weighted by molar-refractivity contribution is -0.145. The fraction of sp³-hybridized carbons (Fsp3) is 0.952. The number of carboxylic acid groups (broad SMARTS) is 1. The lowest BCUT2D eigenvalue weighted by Crippen LogP contribution is -2.16. The predicted molar refractivity (Wildman–Crippen MR) is 219 cm³/mol. The van der Waals surface area contributed by atoms with Gasteiger partial charge in [0.2, 0.25) is 0 Å². The Morgan fingerprint density at radius 2 is 0.534 bits per heavy atom. The van der Waals surface area contributed by atoms with Crippen molar-refractivity contribution in [2.75, 3.05) is 165 Å². The Bertz CT molecular complexity index is 809. The molecule has 1 N–H and O–H groups in total. The van der Waals surface area contributed by atoms with Crippen molar-refractivity contribution in [2.45, 2.75) is 96.8 Å². The fourth-order valence-electron chi connectivity index (χ4n) is 5.15. The highest BCUT2D eigenvalue weighted by atomic mass is 16.6. The molecule has 0 aromatic carbocycles. The van der Waals surface area contributed by atoms with E-state index in [9.17, 15) is 9.59 Å². The Hall–Kier alpha value is -1.54. The average Bonchev–Trinajstić information content (AvgIpc) is 3.22. The molecule has 0 aliphatic carbocycles. The minimum Gasteiger partial charge on any atom is -0.480 e. The monoisotopic (exact) mass is 843 g/mol. The van der Waals surface area contributed by atoms with Gasteiger partial charge in [-0.15, -0.1) is 0 Å². The highest BCUT2D eigenvalue weighted by molar-refractivity contribution is 5.69. The zero-order chi connectivity index (χ0) is 41.9. The first-order chi connectivity index (χ1) is 28.7. The van der Waals surface area contributed by atoms with Crippen LogP contribution in [0.5, 0.6) is 0 Å². The molecule has 0 rings (SSSR count). The lowest BCUT2D eigenvalue weighted by Gasteiger charge is -2.09. The smallest absolute Gasteiger partial charge is 0.329 e. The summed E-state index contributed by atoms with van der Waals surface area (Å²) in [6.45, 7) is 12.6. The number of carbonyl (C=O) groups is 2. The molecule has 0 radical (unpaired) electrons. The van der Waals surface area contributed by atoms with E-state index in [-0.39, 0.29) is 25.8 Å². The molecule has 0 aromatic rings. The van der Waals surface area contributed by atoms with Crippen molar-refractivity contribution in [1.29, 1.82) is 0 Å². The van der Waals surface area contributed by atoms with Gasteiger partial charge < -0.3 is 66.7 Å². The average molecular weight is 843 g/mol. The van der Waals surface area contributed by atoms with Gasteiger partial charge >= 0.3 is 11.9 Å². The summed E-state index contributed by atoms with van der Waals surface area (Å²) < 4.78 is 70.0. The van der Waals surface area contributed by atoms with Gasteiger partial charge in [0.25, 0.3) is 0 Å². The lowest BCUT2D eigenvalue weighted by atomic mass is 10.0. The van der Waals surface area contributed by atoms with Crippen molar-refractivity contribution in [2.24, 2.45) is 0 Å². The molecule has 0 aliphatic heterocycles. The molecule has 346 valence electrons. The molecule has 16 heteroatoms. The van der Waals surface area contributed by atoms with E-state index < -0.39 is 5.97 Å². The van der Waals surface area contributed by atoms with Crippen LogP contribution in [0.4, 0.5) is 0 Å². The number of ether oxygens (including phenoxy) is 13. The minimum atomic E-state index is -0.998. The maximum Gasteiger partial charge on any atom is 0.329 e. The molecular formula is C42H82O16. The van der Waals surface area contributed by atoms with Crippen LogP contribution < -0.4 is 0 Å².